The number of carbonyl (C=O) groups excluding carboxylic acids is 2. The van der Waals surface area contributed by atoms with Crippen molar-refractivity contribution in [2.45, 2.75) is 12.8 Å². The number of nitrogens with zero attached hydrogens (tertiary/aromatic N) is 4. The van der Waals surface area contributed by atoms with Gasteiger partial charge in [-0.1, -0.05) is 127 Å². The van der Waals surface area contributed by atoms with E-state index in [0.29, 0.717) is 22.8 Å². The second-order valence-electron chi connectivity index (χ2n) is 11.1. The van der Waals surface area contributed by atoms with Crippen molar-refractivity contribution >= 4 is 34.6 Å². The van der Waals surface area contributed by atoms with Crippen LogP contribution in [0.3, 0.4) is 0 Å². The van der Waals surface area contributed by atoms with Gasteiger partial charge in [0.25, 0.3) is 11.8 Å². The number of benzene rings is 5. The predicted molar refractivity (Wildman–Crippen MR) is 175 cm³/mol. The van der Waals surface area contributed by atoms with E-state index in [9.17, 15) is 9.59 Å². The zero-order chi connectivity index (χ0) is 30.0. The number of hydrogen-bond donors (Lipinski definition) is 0. The van der Waals surface area contributed by atoms with Gasteiger partial charge in [0, 0.05) is 5.92 Å². The van der Waals surface area contributed by atoms with Gasteiger partial charge in [-0.3, -0.25) is 9.59 Å². The average Bonchev–Trinajstić information content (AvgIpc) is 3.61. The third-order valence-electron chi connectivity index (χ3n) is 8.28. The molecule has 6 heteroatoms. The van der Waals surface area contributed by atoms with Gasteiger partial charge in [0.05, 0.1) is 34.6 Å². The normalized spacial score (nSPS) is 18.1. The largest absolute Gasteiger partial charge is 0.272 e. The van der Waals surface area contributed by atoms with Crippen LogP contribution in [0.2, 0.25) is 0 Å². The molecule has 0 fully saturated rings. The van der Waals surface area contributed by atoms with E-state index in [1.54, 1.807) is 0 Å². The maximum Gasteiger partial charge on any atom is 0.257 e. The molecule has 6 nitrogen and oxygen atoms in total. The fourth-order valence-corrected chi connectivity index (χ4v) is 6.15. The first-order chi connectivity index (χ1) is 21.6. The summed E-state index contributed by atoms with van der Waals surface area (Å²) in [5.41, 5.74) is 6.26. The first kappa shape index (κ1) is 27.2. The van der Waals surface area contributed by atoms with Gasteiger partial charge in [-0.05, 0) is 47.9 Å². The van der Waals surface area contributed by atoms with Crippen molar-refractivity contribution < 1.29 is 9.59 Å². The minimum atomic E-state index is -0.751. The topological polar surface area (TPSA) is 65.3 Å². The number of carbonyl (C=O) groups is 2. The van der Waals surface area contributed by atoms with Gasteiger partial charge in [-0.25, -0.2) is 0 Å². The Bertz CT molecular complexity index is 1740. The number of amides is 2. The lowest BCUT2D eigenvalue weighted by Gasteiger charge is -2.30. The Morgan fingerprint density at radius 3 is 1.25 bits per heavy atom. The number of aryl methyl sites for hydroxylation is 1. The molecule has 44 heavy (non-hydrogen) atoms. The van der Waals surface area contributed by atoms with Crippen molar-refractivity contribution in [3.05, 3.63) is 168 Å². The molecule has 5 aromatic carbocycles. The Morgan fingerprint density at radius 2 is 0.864 bits per heavy atom. The van der Waals surface area contributed by atoms with E-state index in [1.807, 2.05) is 153 Å². The minimum absolute atomic E-state index is 0.181. The Labute approximate surface area is 256 Å². The van der Waals surface area contributed by atoms with Gasteiger partial charge in [-0.2, -0.15) is 20.2 Å². The number of anilines is 2. The quantitative estimate of drug-likeness (QED) is 0.206. The van der Waals surface area contributed by atoms with E-state index >= 15 is 0 Å². The highest BCUT2D eigenvalue weighted by Crippen LogP contribution is 2.44. The van der Waals surface area contributed by atoms with Crippen molar-refractivity contribution in [3.63, 3.8) is 0 Å². The molecule has 2 atom stereocenters. The number of hydrogen-bond acceptors (Lipinski definition) is 4. The lowest BCUT2D eigenvalue weighted by Crippen LogP contribution is -2.41. The zero-order valence-corrected chi connectivity index (χ0v) is 24.2. The smallest absolute Gasteiger partial charge is 0.257 e. The number of rotatable bonds is 7. The molecule has 2 heterocycles. The van der Waals surface area contributed by atoms with Gasteiger partial charge in [0.1, 0.15) is 0 Å². The van der Waals surface area contributed by atoms with Crippen LogP contribution in [-0.2, 0) is 9.59 Å². The molecular weight excluding hydrogens is 544 g/mol. The Kier molecular flexibility index (Phi) is 7.16. The van der Waals surface area contributed by atoms with Crippen LogP contribution in [0.5, 0.6) is 0 Å². The zero-order valence-electron chi connectivity index (χ0n) is 24.2. The Balaban J connectivity index is 1.44. The summed E-state index contributed by atoms with van der Waals surface area (Å²) >= 11 is 0. The molecule has 0 saturated carbocycles. The third-order valence-corrected chi connectivity index (χ3v) is 8.28. The fourth-order valence-electron chi connectivity index (χ4n) is 6.15. The Hall–Kier alpha value is -5.62. The Morgan fingerprint density at radius 1 is 0.500 bits per heavy atom. The summed E-state index contributed by atoms with van der Waals surface area (Å²) in [4.78, 5) is 29.4. The minimum Gasteiger partial charge on any atom is -0.272 e. The third kappa shape index (κ3) is 4.90. The first-order valence-electron chi connectivity index (χ1n) is 14.7. The monoisotopic (exact) mass is 574 g/mol. The summed E-state index contributed by atoms with van der Waals surface area (Å²) in [5.74, 6) is -2.45. The summed E-state index contributed by atoms with van der Waals surface area (Å²) in [6, 6.07) is 46.6. The van der Waals surface area contributed by atoms with Crippen molar-refractivity contribution in [2.75, 3.05) is 10.0 Å². The van der Waals surface area contributed by atoms with Gasteiger partial charge < -0.3 is 0 Å². The van der Waals surface area contributed by atoms with Crippen LogP contribution in [-0.4, -0.2) is 23.2 Å². The van der Waals surface area contributed by atoms with E-state index in [2.05, 4.69) is 0 Å². The highest BCUT2D eigenvalue weighted by atomic mass is 16.2. The SMILES string of the molecule is Cc1ccc(C([C@H]2C(=O)N(c3ccccc3)N=C2c2ccccc2)[C@H]2C(=O)N(c3ccccc3)N=C2c2ccccc2)cc1. The van der Waals surface area contributed by atoms with Crippen molar-refractivity contribution in [2.24, 2.45) is 22.0 Å². The molecule has 0 aliphatic carbocycles. The molecule has 7 rings (SSSR count). The van der Waals surface area contributed by atoms with Gasteiger partial charge in [-0.15, -0.1) is 0 Å². The van der Waals surface area contributed by atoms with Crippen molar-refractivity contribution in [1.82, 2.24) is 0 Å². The van der Waals surface area contributed by atoms with Crippen molar-refractivity contribution in [3.8, 4) is 0 Å². The molecule has 5 aromatic rings. The molecule has 0 spiro atoms. The second kappa shape index (κ2) is 11.6. The molecule has 0 N–H and O–H groups in total. The van der Waals surface area contributed by atoms with Gasteiger partial charge >= 0.3 is 0 Å². The summed E-state index contributed by atoms with van der Waals surface area (Å²) in [6.07, 6.45) is 0. The van der Waals surface area contributed by atoms with Crippen LogP contribution >= 0.6 is 0 Å². The molecule has 0 bridgehead atoms. The van der Waals surface area contributed by atoms with E-state index in [-0.39, 0.29) is 11.8 Å². The van der Waals surface area contributed by atoms with Crippen LogP contribution in [0, 0.1) is 18.8 Å². The van der Waals surface area contributed by atoms with E-state index < -0.39 is 17.8 Å². The average molecular weight is 575 g/mol. The highest BCUT2D eigenvalue weighted by Gasteiger charge is 2.52. The van der Waals surface area contributed by atoms with Crippen LogP contribution < -0.4 is 10.0 Å². The molecule has 0 unspecified atom stereocenters. The lowest BCUT2D eigenvalue weighted by atomic mass is 9.70. The van der Waals surface area contributed by atoms with Crippen LogP contribution in [0.4, 0.5) is 11.4 Å². The summed E-state index contributed by atoms with van der Waals surface area (Å²) in [7, 11) is 0. The molecule has 214 valence electrons. The molecule has 2 amide bonds. The number of hydrazone groups is 2. The van der Waals surface area contributed by atoms with E-state index in [1.165, 1.54) is 10.0 Å². The van der Waals surface area contributed by atoms with Crippen LogP contribution in [0.15, 0.2) is 156 Å². The molecular formula is C38H30N4O2. The maximum absolute atomic E-state index is 14.7. The van der Waals surface area contributed by atoms with E-state index in [4.69, 9.17) is 10.2 Å². The first-order valence-corrected chi connectivity index (χ1v) is 14.7. The maximum atomic E-state index is 14.7. The van der Waals surface area contributed by atoms with Gasteiger partial charge in [0.15, 0.2) is 0 Å². The number of para-hydroxylation sites is 2. The highest BCUT2D eigenvalue weighted by molar-refractivity contribution is 6.26. The molecule has 2 aliphatic rings. The van der Waals surface area contributed by atoms with Gasteiger partial charge in [0.2, 0.25) is 0 Å². The molecule has 0 radical (unpaired) electrons. The molecule has 2 aliphatic heterocycles. The second-order valence-corrected chi connectivity index (χ2v) is 11.1. The summed E-state index contributed by atoms with van der Waals surface area (Å²) in [6.45, 7) is 2.03. The van der Waals surface area contributed by atoms with Crippen LogP contribution in [0.25, 0.3) is 0 Å². The predicted octanol–water partition coefficient (Wildman–Crippen LogP) is 7.21. The fraction of sp³-hybridized carbons (Fsp3) is 0.105. The molecule has 0 saturated heterocycles. The summed E-state index contributed by atoms with van der Waals surface area (Å²) in [5, 5.41) is 12.9. The molecule has 0 aromatic heterocycles. The van der Waals surface area contributed by atoms with E-state index in [0.717, 1.165) is 22.3 Å². The van der Waals surface area contributed by atoms with Crippen LogP contribution in [0.1, 0.15) is 28.2 Å². The summed E-state index contributed by atoms with van der Waals surface area (Å²) < 4.78 is 0. The lowest BCUT2D eigenvalue weighted by molar-refractivity contribution is -0.122. The standard InChI is InChI=1S/C38H30N4O2/c1-26-22-24-27(25-23-26)32(33-35(28-14-6-2-7-15-28)39-41(37(33)43)30-18-10-4-11-19-30)34-36(29-16-8-3-9-17-29)40-42(38(34)44)31-20-12-5-13-21-31/h2-25,32-34H,1H3/t33-,34-/m1/s1. The van der Waals surface area contributed by atoms with Crippen molar-refractivity contribution in [1.29, 1.82) is 0 Å².